The molecule has 0 amide bonds. The summed E-state index contributed by atoms with van der Waals surface area (Å²) in [5.41, 5.74) is 6.48. The van der Waals surface area contributed by atoms with Crippen LogP contribution in [0.1, 0.15) is 16.4 Å². The van der Waals surface area contributed by atoms with Crippen molar-refractivity contribution in [3.63, 3.8) is 0 Å². The van der Waals surface area contributed by atoms with Gasteiger partial charge in [-0.05, 0) is 18.4 Å². The molecule has 5 nitrogen and oxygen atoms in total. The zero-order chi connectivity index (χ0) is 12.5. The lowest BCUT2D eigenvalue weighted by Crippen LogP contribution is -1.87. The lowest BCUT2D eigenvalue weighted by atomic mass is 10.3. The van der Waals surface area contributed by atoms with Gasteiger partial charge in [0, 0.05) is 11.3 Å². The number of thiazole rings is 1. The summed E-state index contributed by atoms with van der Waals surface area (Å²) in [6.45, 7) is 1.88. The third-order valence-corrected chi connectivity index (χ3v) is 4.24. The fourth-order valence-electron chi connectivity index (χ4n) is 1.60. The summed E-state index contributed by atoms with van der Waals surface area (Å²) in [5, 5.41) is 6.52. The molecule has 0 aliphatic heterocycles. The van der Waals surface area contributed by atoms with Gasteiger partial charge < -0.3 is 10.3 Å². The zero-order valence-corrected chi connectivity index (χ0v) is 11.2. The number of aromatic nitrogens is 3. The van der Waals surface area contributed by atoms with Crippen molar-refractivity contribution in [1.82, 2.24) is 15.1 Å². The molecular weight excluding hydrogens is 268 g/mol. The van der Waals surface area contributed by atoms with Crippen LogP contribution < -0.4 is 5.73 Å². The number of nitrogens with zero attached hydrogens (tertiary/aromatic N) is 3. The minimum absolute atomic E-state index is 0.494. The summed E-state index contributed by atoms with van der Waals surface area (Å²) in [6.07, 6.45) is 0.689. The molecule has 7 heteroatoms. The molecule has 0 spiro atoms. The fraction of sp³-hybridized carbons (Fsp3) is 0.182. The number of nitrogens with two attached hydrogens (primary N) is 1. The van der Waals surface area contributed by atoms with E-state index in [0.717, 1.165) is 10.6 Å². The first-order valence-corrected chi connectivity index (χ1v) is 7.00. The third kappa shape index (κ3) is 2.14. The van der Waals surface area contributed by atoms with E-state index < -0.39 is 0 Å². The Morgan fingerprint density at radius 3 is 2.94 bits per heavy atom. The highest BCUT2D eigenvalue weighted by atomic mass is 32.1. The highest BCUT2D eigenvalue weighted by Gasteiger charge is 2.15. The number of nitrogen functional groups attached to an aromatic ring is 1. The van der Waals surface area contributed by atoms with Crippen LogP contribution in [0.25, 0.3) is 10.8 Å². The molecule has 2 N–H and O–H groups in total. The van der Waals surface area contributed by atoms with Crippen LogP contribution >= 0.6 is 22.7 Å². The van der Waals surface area contributed by atoms with Gasteiger partial charge in [0.25, 0.3) is 5.89 Å². The zero-order valence-electron chi connectivity index (χ0n) is 9.58. The molecule has 3 rings (SSSR count). The van der Waals surface area contributed by atoms with Crippen molar-refractivity contribution in [1.29, 1.82) is 0 Å². The standard InChI is InChI=1S/C11H10N4OS2/c1-6-9(18-11(12)13-6)10-14-8(15-16-10)5-7-3-2-4-17-7/h2-4H,5H2,1H3,(H2,12,13). The molecule has 0 atom stereocenters. The normalized spacial score (nSPS) is 10.9. The maximum absolute atomic E-state index is 5.65. The van der Waals surface area contributed by atoms with Crippen LogP contribution in [-0.4, -0.2) is 15.1 Å². The smallest absolute Gasteiger partial charge is 0.270 e. The molecule has 0 saturated carbocycles. The van der Waals surface area contributed by atoms with Gasteiger partial charge in [-0.1, -0.05) is 22.6 Å². The number of aryl methyl sites for hydroxylation is 1. The van der Waals surface area contributed by atoms with Gasteiger partial charge in [-0.3, -0.25) is 0 Å². The van der Waals surface area contributed by atoms with Crippen molar-refractivity contribution < 1.29 is 4.52 Å². The van der Waals surface area contributed by atoms with E-state index in [1.165, 1.54) is 16.2 Å². The molecule has 0 aliphatic carbocycles. The second-order valence-electron chi connectivity index (χ2n) is 3.74. The van der Waals surface area contributed by atoms with Gasteiger partial charge in [-0.25, -0.2) is 4.98 Å². The minimum Gasteiger partial charge on any atom is -0.375 e. The molecule has 0 radical (unpaired) electrons. The summed E-state index contributed by atoms with van der Waals surface area (Å²) in [6, 6.07) is 4.06. The Morgan fingerprint density at radius 1 is 1.39 bits per heavy atom. The first-order chi connectivity index (χ1) is 8.72. The van der Waals surface area contributed by atoms with Crippen molar-refractivity contribution in [2.45, 2.75) is 13.3 Å². The highest BCUT2D eigenvalue weighted by molar-refractivity contribution is 7.18. The Bertz CT molecular complexity index is 656. The van der Waals surface area contributed by atoms with E-state index >= 15 is 0 Å². The molecule has 0 bridgehead atoms. The topological polar surface area (TPSA) is 77.8 Å². The first-order valence-electron chi connectivity index (χ1n) is 5.30. The summed E-state index contributed by atoms with van der Waals surface area (Å²) in [7, 11) is 0. The molecule has 3 heterocycles. The maximum Gasteiger partial charge on any atom is 0.270 e. The average molecular weight is 278 g/mol. The number of thiophene rings is 1. The Balaban J connectivity index is 1.87. The van der Waals surface area contributed by atoms with Crippen molar-refractivity contribution in [2.24, 2.45) is 0 Å². The lowest BCUT2D eigenvalue weighted by Gasteiger charge is -1.88. The molecular formula is C11H10N4OS2. The van der Waals surface area contributed by atoms with E-state index in [1.54, 1.807) is 11.3 Å². The van der Waals surface area contributed by atoms with Gasteiger partial charge in [-0.15, -0.1) is 11.3 Å². The van der Waals surface area contributed by atoms with Crippen molar-refractivity contribution in [3.8, 4) is 10.8 Å². The van der Waals surface area contributed by atoms with Crippen LogP contribution in [0.4, 0.5) is 5.13 Å². The Morgan fingerprint density at radius 2 is 2.28 bits per heavy atom. The average Bonchev–Trinajstić information content (AvgIpc) is 3.01. The molecule has 0 saturated heterocycles. The molecule has 0 fully saturated rings. The van der Waals surface area contributed by atoms with E-state index in [-0.39, 0.29) is 0 Å². The molecule has 0 aromatic carbocycles. The van der Waals surface area contributed by atoms with Crippen LogP contribution in [0.2, 0.25) is 0 Å². The van der Waals surface area contributed by atoms with Crippen LogP contribution in [0.5, 0.6) is 0 Å². The molecule has 0 unspecified atom stereocenters. The van der Waals surface area contributed by atoms with E-state index in [9.17, 15) is 0 Å². The highest BCUT2D eigenvalue weighted by Crippen LogP contribution is 2.30. The van der Waals surface area contributed by atoms with Gasteiger partial charge in [0.15, 0.2) is 11.0 Å². The molecule has 0 aliphatic rings. The predicted octanol–water partition coefficient (Wildman–Crippen LogP) is 2.74. The van der Waals surface area contributed by atoms with E-state index in [0.29, 0.717) is 23.3 Å². The van der Waals surface area contributed by atoms with Crippen molar-refractivity contribution in [2.75, 3.05) is 5.73 Å². The van der Waals surface area contributed by atoms with Crippen molar-refractivity contribution >= 4 is 27.8 Å². The monoisotopic (exact) mass is 278 g/mol. The van der Waals surface area contributed by atoms with Crippen molar-refractivity contribution in [3.05, 3.63) is 33.9 Å². The number of hydrogen-bond donors (Lipinski definition) is 1. The molecule has 92 valence electrons. The lowest BCUT2D eigenvalue weighted by molar-refractivity contribution is 0.424. The second kappa shape index (κ2) is 4.51. The van der Waals surface area contributed by atoms with Gasteiger partial charge in [0.1, 0.15) is 4.88 Å². The SMILES string of the molecule is Cc1nc(N)sc1-c1nc(Cc2cccs2)no1. The quantitative estimate of drug-likeness (QED) is 0.797. The molecule has 18 heavy (non-hydrogen) atoms. The number of hydrogen-bond acceptors (Lipinski definition) is 7. The summed E-state index contributed by atoms with van der Waals surface area (Å²) in [5.74, 6) is 1.17. The van der Waals surface area contributed by atoms with E-state index in [1.807, 2.05) is 18.4 Å². The van der Waals surface area contributed by atoms with Crippen LogP contribution in [0.15, 0.2) is 22.0 Å². The van der Waals surface area contributed by atoms with Crippen LogP contribution in [0.3, 0.4) is 0 Å². The summed E-state index contributed by atoms with van der Waals surface area (Å²) in [4.78, 5) is 10.6. The number of rotatable bonds is 3. The van der Waals surface area contributed by atoms with E-state index in [4.69, 9.17) is 10.3 Å². The molecule has 3 aromatic heterocycles. The van der Waals surface area contributed by atoms with Gasteiger partial charge in [0.2, 0.25) is 0 Å². The van der Waals surface area contributed by atoms with Gasteiger partial charge in [0.05, 0.1) is 5.69 Å². The van der Waals surface area contributed by atoms with Gasteiger partial charge >= 0.3 is 0 Å². The number of anilines is 1. The van der Waals surface area contributed by atoms with Crippen LogP contribution in [-0.2, 0) is 6.42 Å². The Kier molecular flexibility index (Phi) is 2.85. The Labute approximate surface area is 111 Å². The third-order valence-electron chi connectivity index (χ3n) is 2.39. The molecule has 3 aromatic rings. The fourth-order valence-corrected chi connectivity index (χ4v) is 3.06. The second-order valence-corrected chi connectivity index (χ2v) is 5.80. The minimum atomic E-state index is 0.494. The summed E-state index contributed by atoms with van der Waals surface area (Å²) >= 11 is 3.04. The Hall–Kier alpha value is -1.73. The van der Waals surface area contributed by atoms with Gasteiger partial charge in [-0.2, -0.15) is 4.98 Å². The van der Waals surface area contributed by atoms with Crippen LogP contribution in [0, 0.1) is 6.92 Å². The predicted molar refractivity (Wildman–Crippen MR) is 71.7 cm³/mol. The maximum atomic E-state index is 5.65. The summed E-state index contributed by atoms with van der Waals surface area (Å²) < 4.78 is 5.25. The first kappa shape index (κ1) is 11.4. The van der Waals surface area contributed by atoms with E-state index in [2.05, 4.69) is 21.2 Å². The largest absolute Gasteiger partial charge is 0.375 e.